The third-order valence-electron chi connectivity index (χ3n) is 5.38. The highest BCUT2D eigenvalue weighted by Gasteiger charge is 2.24. The number of rotatable bonds is 6. The molecule has 1 aliphatic heterocycles. The van der Waals surface area contributed by atoms with Gasteiger partial charge in [0.05, 0.1) is 11.0 Å². The maximum atomic E-state index is 12.4. The zero-order valence-electron chi connectivity index (χ0n) is 15.2. The molecule has 1 amide bonds. The lowest BCUT2D eigenvalue weighted by atomic mass is 9.86. The maximum absolute atomic E-state index is 12.4. The van der Waals surface area contributed by atoms with E-state index in [1.165, 1.54) is 18.6 Å². The van der Waals surface area contributed by atoms with E-state index in [2.05, 4.69) is 17.0 Å². The summed E-state index contributed by atoms with van der Waals surface area (Å²) in [6, 6.07) is 6.31. The Morgan fingerprint density at radius 2 is 1.85 bits per heavy atom. The Morgan fingerprint density at radius 3 is 2.50 bits per heavy atom. The molecule has 2 N–H and O–H groups in total. The molecule has 1 saturated carbocycles. The molecule has 1 aromatic rings. The highest BCUT2D eigenvalue weighted by molar-refractivity contribution is 7.89. The second kappa shape index (κ2) is 8.50. The molecule has 0 radical (unpaired) electrons. The van der Waals surface area contributed by atoms with E-state index in [9.17, 15) is 13.2 Å². The second-order valence-corrected chi connectivity index (χ2v) is 9.12. The minimum atomic E-state index is -3.59. The van der Waals surface area contributed by atoms with Crippen molar-refractivity contribution < 1.29 is 17.9 Å². The van der Waals surface area contributed by atoms with Crippen LogP contribution in [0.3, 0.4) is 0 Å². The number of hydrogen-bond donors (Lipinski definition) is 2. The van der Waals surface area contributed by atoms with Crippen molar-refractivity contribution in [1.82, 2.24) is 10.0 Å². The van der Waals surface area contributed by atoms with E-state index >= 15 is 0 Å². The Balaban J connectivity index is 1.58. The van der Waals surface area contributed by atoms with Crippen LogP contribution in [0.5, 0.6) is 0 Å². The maximum Gasteiger partial charge on any atom is 0.251 e. The molecular weight excluding hydrogens is 352 g/mol. The summed E-state index contributed by atoms with van der Waals surface area (Å²) < 4.78 is 32.7. The number of hydrogen-bond acceptors (Lipinski definition) is 4. The van der Waals surface area contributed by atoms with Crippen LogP contribution in [0.15, 0.2) is 29.2 Å². The normalized spacial score (nSPS) is 26.6. The van der Waals surface area contributed by atoms with Crippen LogP contribution in [0, 0.1) is 5.92 Å². The van der Waals surface area contributed by atoms with E-state index in [1.807, 2.05) is 0 Å². The van der Waals surface area contributed by atoms with Gasteiger partial charge in [0, 0.05) is 24.8 Å². The molecule has 3 rings (SSSR count). The van der Waals surface area contributed by atoms with Crippen LogP contribution in [-0.2, 0) is 14.8 Å². The Kier molecular flexibility index (Phi) is 6.32. The minimum Gasteiger partial charge on any atom is -0.377 e. The third-order valence-corrected chi connectivity index (χ3v) is 6.82. The molecule has 0 aromatic heterocycles. The van der Waals surface area contributed by atoms with Gasteiger partial charge in [0.25, 0.3) is 5.91 Å². The first kappa shape index (κ1) is 19.3. The van der Waals surface area contributed by atoms with E-state index in [4.69, 9.17) is 4.74 Å². The number of benzene rings is 1. The lowest BCUT2D eigenvalue weighted by molar-refractivity contribution is 0.0910. The molecule has 2 aliphatic rings. The highest BCUT2D eigenvalue weighted by Crippen LogP contribution is 2.24. The van der Waals surface area contributed by atoms with E-state index < -0.39 is 10.0 Å². The van der Waals surface area contributed by atoms with Crippen molar-refractivity contribution in [2.75, 3.05) is 13.2 Å². The predicted octanol–water partition coefficient (Wildman–Crippen LogP) is 2.45. The molecule has 7 heteroatoms. The van der Waals surface area contributed by atoms with Gasteiger partial charge in [-0.2, -0.15) is 0 Å². The number of carbonyl (C=O) groups is 1. The molecule has 0 spiro atoms. The largest absolute Gasteiger partial charge is 0.377 e. The Hall–Kier alpha value is -1.44. The zero-order chi connectivity index (χ0) is 18.6. The Morgan fingerprint density at radius 1 is 1.12 bits per heavy atom. The average Bonchev–Trinajstić information content (AvgIpc) is 3.16. The molecule has 3 atom stereocenters. The fourth-order valence-corrected chi connectivity index (χ4v) is 4.73. The first-order valence-corrected chi connectivity index (χ1v) is 11.0. The summed E-state index contributed by atoms with van der Waals surface area (Å²) in [6.07, 6.45) is 6.30. The summed E-state index contributed by atoms with van der Waals surface area (Å²) in [5.41, 5.74) is 0.487. The van der Waals surface area contributed by atoms with Gasteiger partial charge in [-0.05, 0) is 55.9 Å². The molecule has 1 aliphatic carbocycles. The molecule has 2 fully saturated rings. The lowest BCUT2D eigenvalue weighted by Gasteiger charge is -2.29. The number of amides is 1. The van der Waals surface area contributed by atoms with Crippen LogP contribution >= 0.6 is 0 Å². The fraction of sp³-hybridized carbons (Fsp3) is 0.632. The summed E-state index contributed by atoms with van der Waals surface area (Å²) in [5, 5.41) is 3.08. The van der Waals surface area contributed by atoms with Crippen molar-refractivity contribution in [2.24, 2.45) is 5.92 Å². The smallest absolute Gasteiger partial charge is 0.251 e. The van der Waals surface area contributed by atoms with Crippen molar-refractivity contribution in [3.05, 3.63) is 29.8 Å². The summed E-state index contributed by atoms with van der Waals surface area (Å²) in [7, 11) is -3.59. The van der Waals surface area contributed by atoms with Gasteiger partial charge in [-0.1, -0.05) is 19.8 Å². The van der Waals surface area contributed by atoms with Gasteiger partial charge in [0.1, 0.15) is 0 Å². The van der Waals surface area contributed by atoms with Crippen molar-refractivity contribution >= 4 is 15.9 Å². The van der Waals surface area contributed by atoms with Crippen molar-refractivity contribution in [1.29, 1.82) is 0 Å². The van der Waals surface area contributed by atoms with Crippen LogP contribution in [-0.4, -0.2) is 39.6 Å². The van der Waals surface area contributed by atoms with Crippen molar-refractivity contribution in [3.8, 4) is 0 Å². The zero-order valence-corrected chi connectivity index (χ0v) is 16.1. The van der Waals surface area contributed by atoms with E-state index in [0.717, 1.165) is 32.1 Å². The Labute approximate surface area is 155 Å². The number of sulfonamides is 1. The van der Waals surface area contributed by atoms with Gasteiger partial charge in [-0.15, -0.1) is 0 Å². The molecule has 0 bridgehead atoms. The van der Waals surface area contributed by atoms with Crippen LogP contribution in [0.25, 0.3) is 0 Å². The van der Waals surface area contributed by atoms with Crippen molar-refractivity contribution in [3.63, 3.8) is 0 Å². The SMILES string of the molecule is C[C@@H]1CCCC[C@H]1NC(=O)c1ccc(S(=O)(=O)NC[C@@H]2CCCO2)cc1. The number of nitrogens with one attached hydrogen (secondary N) is 2. The summed E-state index contributed by atoms with van der Waals surface area (Å²) >= 11 is 0. The highest BCUT2D eigenvalue weighted by atomic mass is 32.2. The van der Waals surface area contributed by atoms with Gasteiger partial charge in [0.15, 0.2) is 0 Å². The Bertz CT molecular complexity index is 712. The quantitative estimate of drug-likeness (QED) is 0.794. The number of carbonyl (C=O) groups excluding carboxylic acids is 1. The van der Waals surface area contributed by atoms with Crippen LogP contribution in [0.1, 0.15) is 55.8 Å². The minimum absolute atomic E-state index is 0.0488. The summed E-state index contributed by atoms with van der Waals surface area (Å²) in [5.74, 6) is 0.342. The summed E-state index contributed by atoms with van der Waals surface area (Å²) in [4.78, 5) is 12.6. The summed E-state index contributed by atoms with van der Waals surface area (Å²) in [6.45, 7) is 3.14. The topological polar surface area (TPSA) is 84.5 Å². The molecule has 1 aromatic carbocycles. The molecule has 1 heterocycles. The van der Waals surface area contributed by atoms with E-state index in [0.29, 0.717) is 18.1 Å². The van der Waals surface area contributed by atoms with Crippen molar-refractivity contribution in [2.45, 2.75) is 62.5 Å². The lowest BCUT2D eigenvalue weighted by Crippen LogP contribution is -2.41. The van der Waals surface area contributed by atoms with Crippen LogP contribution < -0.4 is 10.0 Å². The van der Waals surface area contributed by atoms with Crippen LogP contribution in [0.2, 0.25) is 0 Å². The van der Waals surface area contributed by atoms with Gasteiger partial charge in [-0.25, -0.2) is 13.1 Å². The van der Waals surface area contributed by atoms with E-state index in [-0.39, 0.29) is 29.5 Å². The fourth-order valence-electron chi connectivity index (χ4n) is 3.66. The molecule has 0 unspecified atom stereocenters. The van der Waals surface area contributed by atoms with Gasteiger partial charge in [0.2, 0.25) is 10.0 Å². The number of ether oxygens (including phenoxy) is 1. The molecule has 1 saturated heterocycles. The predicted molar refractivity (Wildman–Crippen MR) is 99.5 cm³/mol. The van der Waals surface area contributed by atoms with Gasteiger partial charge >= 0.3 is 0 Å². The van der Waals surface area contributed by atoms with Crippen LogP contribution in [0.4, 0.5) is 0 Å². The molecule has 26 heavy (non-hydrogen) atoms. The molecular formula is C19H28N2O4S. The molecule has 6 nitrogen and oxygen atoms in total. The van der Waals surface area contributed by atoms with Gasteiger partial charge < -0.3 is 10.1 Å². The first-order valence-electron chi connectivity index (χ1n) is 9.48. The van der Waals surface area contributed by atoms with Gasteiger partial charge in [-0.3, -0.25) is 4.79 Å². The monoisotopic (exact) mass is 380 g/mol. The average molecular weight is 381 g/mol. The molecule has 144 valence electrons. The standard InChI is InChI=1S/C19H28N2O4S/c1-14-5-2-3-7-18(14)21-19(22)15-8-10-17(11-9-15)26(23,24)20-13-16-6-4-12-25-16/h8-11,14,16,18,20H,2-7,12-13H2,1H3,(H,21,22)/t14-,16+,18-/m1/s1. The third kappa shape index (κ3) is 4.84. The van der Waals surface area contributed by atoms with E-state index in [1.54, 1.807) is 12.1 Å². The second-order valence-electron chi connectivity index (χ2n) is 7.35. The first-order chi connectivity index (χ1) is 12.5.